The Balaban J connectivity index is 2.66. The maximum atomic E-state index is 11.2. The Morgan fingerprint density at radius 1 is 1.36 bits per heavy atom. The zero-order chi connectivity index (χ0) is 10.8. The highest BCUT2D eigenvalue weighted by Crippen LogP contribution is 2.27. The first-order valence-electron chi connectivity index (χ1n) is 4.97. The molecule has 0 aromatic carbocycles. The van der Waals surface area contributed by atoms with Gasteiger partial charge in [-0.15, -0.1) is 0 Å². The van der Waals surface area contributed by atoms with Crippen LogP contribution in [0, 0.1) is 0 Å². The molecule has 0 atom stereocenters. The zero-order valence-electron chi connectivity index (χ0n) is 8.82. The molecular weight excluding hydrogens is 202 g/mol. The van der Waals surface area contributed by atoms with E-state index in [0.717, 1.165) is 0 Å². The maximum absolute atomic E-state index is 11.2. The van der Waals surface area contributed by atoms with Gasteiger partial charge in [0, 0.05) is 6.54 Å². The standard InChI is InChI=1S/C9H19NO3S/c1-8(2)13-9(7-10)3-5-14(11,12)6-4-9/h8H,3-7,10H2,1-2H3. The highest BCUT2D eigenvalue weighted by Gasteiger charge is 2.37. The number of rotatable bonds is 3. The minimum atomic E-state index is -2.84. The molecule has 0 bridgehead atoms. The normalized spacial score (nSPS) is 25.1. The second-order valence-electron chi connectivity index (χ2n) is 4.21. The maximum Gasteiger partial charge on any atom is 0.150 e. The lowest BCUT2D eigenvalue weighted by Gasteiger charge is -2.37. The molecule has 0 spiro atoms. The number of ether oxygens (including phenoxy) is 1. The van der Waals surface area contributed by atoms with Crippen LogP contribution < -0.4 is 5.73 Å². The van der Waals surface area contributed by atoms with E-state index >= 15 is 0 Å². The molecule has 1 saturated heterocycles. The summed E-state index contributed by atoms with van der Waals surface area (Å²) >= 11 is 0. The van der Waals surface area contributed by atoms with Crippen molar-refractivity contribution in [2.24, 2.45) is 5.73 Å². The first kappa shape index (κ1) is 11.9. The number of nitrogens with two attached hydrogens (primary N) is 1. The van der Waals surface area contributed by atoms with Crippen molar-refractivity contribution < 1.29 is 13.2 Å². The molecule has 1 rings (SSSR count). The van der Waals surface area contributed by atoms with Crippen molar-refractivity contribution in [1.29, 1.82) is 0 Å². The van der Waals surface area contributed by atoms with E-state index in [1.165, 1.54) is 0 Å². The molecule has 14 heavy (non-hydrogen) atoms. The average molecular weight is 221 g/mol. The summed E-state index contributed by atoms with van der Waals surface area (Å²) in [5.74, 6) is 0.411. The van der Waals surface area contributed by atoms with Gasteiger partial charge >= 0.3 is 0 Å². The Morgan fingerprint density at radius 3 is 2.21 bits per heavy atom. The molecular formula is C9H19NO3S. The first-order chi connectivity index (χ1) is 6.39. The highest BCUT2D eigenvalue weighted by atomic mass is 32.2. The molecule has 0 amide bonds. The molecule has 0 saturated carbocycles. The zero-order valence-corrected chi connectivity index (χ0v) is 9.64. The third-order valence-electron chi connectivity index (χ3n) is 2.60. The largest absolute Gasteiger partial charge is 0.371 e. The Morgan fingerprint density at radius 2 is 1.86 bits per heavy atom. The van der Waals surface area contributed by atoms with Crippen molar-refractivity contribution >= 4 is 9.84 Å². The molecule has 4 nitrogen and oxygen atoms in total. The lowest BCUT2D eigenvalue weighted by molar-refractivity contribution is -0.0795. The quantitative estimate of drug-likeness (QED) is 0.745. The van der Waals surface area contributed by atoms with Gasteiger partial charge in [0.15, 0.2) is 9.84 Å². The predicted octanol–water partition coefficient (Wildman–Crippen LogP) is 0.317. The molecule has 1 aliphatic rings. The fraction of sp³-hybridized carbons (Fsp3) is 1.00. The molecule has 2 N–H and O–H groups in total. The lowest BCUT2D eigenvalue weighted by atomic mass is 9.96. The summed E-state index contributed by atoms with van der Waals surface area (Å²) in [4.78, 5) is 0. The van der Waals surface area contributed by atoms with E-state index in [-0.39, 0.29) is 17.6 Å². The third kappa shape index (κ3) is 2.93. The fourth-order valence-electron chi connectivity index (χ4n) is 1.78. The van der Waals surface area contributed by atoms with Crippen molar-refractivity contribution in [2.45, 2.75) is 38.4 Å². The Labute approximate surface area is 85.7 Å². The van der Waals surface area contributed by atoms with Gasteiger partial charge in [0.05, 0.1) is 23.2 Å². The minimum Gasteiger partial charge on any atom is -0.371 e. The van der Waals surface area contributed by atoms with Crippen LogP contribution in [-0.2, 0) is 14.6 Å². The van der Waals surface area contributed by atoms with Crippen molar-refractivity contribution in [3.63, 3.8) is 0 Å². The van der Waals surface area contributed by atoms with Crippen LogP contribution in [0.25, 0.3) is 0 Å². The van der Waals surface area contributed by atoms with Crippen molar-refractivity contribution in [3.05, 3.63) is 0 Å². The molecule has 84 valence electrons. The lowest BCUT2D eigenvalue weighted by Crippen LogP contribution is -2.48. The number of sulfone groups is 1. The van der Waals surface area contributed by atoms with Gasteiger partial charge in [0.2, 0.25) is 0 Å². The molecule has 0 unspecified atom stereocenters. The Hall–Kier alpha value is -0.130. The van der Waals surface area contributed by atoms with E-state index in [0.29, 0.717) is 19.4 Å². The molecule has 0 radical (unpaired) electrons. The molecule has 0 aromatic heterocycles. The van der Waals surface area contributed by atoms with Crippen LogP contribution in [-0.4, -0.2) is 38.2 Å². The van der Waals surface area contributed by atoms with E-state index in [4.69, 9.17) is 10.5 Å². The van der Waals surface area contributed by atoms with E-state index < -0.39 is 15.4 Å². The van der Waals surface area contributed by atoms with Crippen molar-refractivity contribution in [1.82, 2.24) is 0 Å². The molecule has 1 heterocycles. The van der Waals surface area contributed by atoms with Gasteiger partial charge in [-0.2, -0.15) is 0 Å². The molecule has 0 aromatic rings. The van der Waals surface area contributed by atoms with Gasteiger partial charge in [-0.05, 0) is 26.7 Å². The summed E-state index contributed by atoms with van der Waals surface area (Å²) in [5, 5.41) is 0. The summed E-state index contributed by atoms with van der Waals surface area (Å²) in [6.07, 6.45) is 1.16. The highest BCUT2D eigenvalue weighted by molar-refractivity contribution is 7.91. The topological polar surface area (TPSA) is 69.4 Å². The SMILES string of the molecule is CC(C)OC1(CN)CCS(=O)(=O)CC1. The predicted molar refractivity (Wildman–Crippen MR) is 55.9 cm³/mol. The fourth-order valence-corrected chi connectivity index (χ4v) is 3.35. The second-order valence-corrected chi connectivity index (χ2v) is 6.51. The molecule has 1 fully saturated rings. The second kappa shape index (κ2) is 4.16. The summed E-state index contributed by atoms with van der Waals surface area (Å²) in [6.45, 7) is 4.29. The first-order valence-corrected chi connectivity index (χ1v) is 6.80. The summed E-state index contributed by atoms with van der Waals surface area (Å²) < 4.78 is 28.2. The van der Waals surface area contributed by atoms with Gasteiger partial charge in [-0.25, -0.2) is 8.42 Å². The molecule has 0 aliphatic carbocycles. The van der Waals surface area contributed by atoms with Crippen LogP contribution in [0.4, 0.5) is 0 Å². The summed E-state index contributed by atoms with van der Waals surface area (Å²) in [6, 6.07) is 0. The van der Waals surface area contributed by atoms with E-state index in [2.05, 4.69) is 0 Å². The van der Waals surface area contributed by atoms with Crippen LogP contribution in [0.15, 0.2) is 0 Å². The van der Waals surface area contributed by atoms with Crippen LogP contribution in [0.1, 0.15) is 26.7 Å². The van der Waals surface area contributed by atoms with Crippen LogP contribution in [0.3, 0.4) is 0 Å². The van der Waals surface area contributed by atoms with Gasteiger partial charge in [-0.3, -0.25) is 0 Å². The monoisotopic (exact) mass is 221 g/mol. The van der Waals surface area contributed by atoms with Crippen LogP contribution in [0.2, 0.25) is 0 Å². The average Bonchev–Trinajstić information content (AvgIpc) is 2.09. The summed E-state index contributed by atoms with van der Waals surface area (Å²) in [7, 11) is -2.84. The number of hydrogen-bond acceptors (Lipinski definition) is 4. The van der Waals surface area contributed by atoms with E-state index in [1.54, 1.807) is 0 Å². The molecule has 1 aliphatic heterocycles. The van der Waals surface area contributed by atoms with Crippen molar-refractivity contribution in [3.8, 4) is 0 Å². The van der Waals surface area contributed by atoms with Gasteiger partial charge in [0.25, 0.3) is 0 Å². The minimum absolute atomic E-state index is 0.0966. The Kier molecular flexibility index (Phi) is 3.55. The van der Waals surface area contributed by atoms with Crippen molar-refractivity contribution in [2.75, 3.05) is 18.1 Å². The van der Waals surface area contributed by atoms with Crippen LogP contribution in [0.5, 0.6) is 0 Å². The van der Waals surface area contributed by atoms with E-state index in [9.17, 15) is 8.42 Å². The third-order valence-corrected chi connectivity index (χ3v) is 4.25. The Bertz CT molecular complexity index is 270. The van der Waals surface area contributed by atoms with E-state index in [1.807, 2.05) is 13.8 Å². The smallest absolute Gasteiger partial charge is 0.150 e. The summed E-state index contributed by atoms with van der Waals surface area (Å²) in [5.41, 5.74) is 5.25. The van der Waals surface area contributed by atoms with Gasteiger partial charge in [0.1, 0.15) is 0 Å². The van der Waals surface area contributed by atoms with Crippen LogP contribution >= 0.6 is 0 Å². The van der Waals surface area contributed by atoms with Gasteiger partial charge < -0.3 is 10.5 Å². The van der Waals surface area contributed by atoms with Gasteiger partial charge in [-0.1, -0.05) is 0 Å². The molecule has 5 heteroatoms. The number of hydrogen-bond donors (Lipinski definition) is 1.